The van der Waals surface area contributed by atoms with Crippen LogP contribution in [-0.4, -0.2) is 95.6 Å². The van der Waals surface area contributed by atoms with E-state index in [0.29, 0.717) is 23.9 Å². The molecule has 4 aromatic heterocycles. The second-order valence-electron chi connectivity index (χ2n) is 12.7. The van der Waals surface area contributed by atoms with Crippen LogP contribution in [-0.2, 0) is 30.4 Å². The number of alkyl halides is 3. The number of anilines is 1. The van der Waals surface area contributed by atoms with Crippen LogP contribution >= 0.6 is 22.9 Å². The largest absolute Gasteiger partial charge is 0.504 e. The van der Waals surface area contributed by atoms with E-state index in [9.17, 15) is 32.7 Å². The molecule has 0 aliphatic carbocycles. The summed E-state index contributed by atoms with van der Waals surface area (Å²) in [6, 6.07) is 2.73. The number of carbonyl (C=O) groups excluding carboxylic acids is 2. The fourth-order valence-electron chi connectivity index (χ4n) is 6.78. The molecular formula is C34H34ClF3N10O4S. The van der Waals surface area contributed by atoms with Gasteiger partial charge in [-0.05, 0) is 50.5 Å². The van der Waals surface area contributed by atoms with E-state index in [1.54, 1.807) is 17.9 Å². The van der Waals surface area contributed by atoms with E-state index < -0.39 is 47.2 Å². The topological polar surface area (TPSA) is 168 Å². The van der Waals surface area contributed by atoms with E-state index in [1.165, 1.54) is 39.0 Å². The highest BCUT2D eigenvalue weighted by Gasteiger charge is 2.36. The van der Waals surface area contributed by atoms with E-state index in [-0.39, 0.29) is 84.8 Å². The molecule has 6 heterocycles. The number of thiophene rings is 1. The molecule has 1 aromatic carbocycles. The average molecular weight is 774 g/mol. The first-order valence-corrected chi connectivity index (χ1v) is 17.7. The molecule has 1 atom stereocenters. The van der Waals surface area contributed by atoms with E-state index in [0.717, 1.165) is 27.1 Å². The number of nitrogens with zero attached hydrogens (tertiary/aromatic N) is 9. The molecule has 7 rings (SSSR count). The zero-order valence-electron chi connectivity index (χ0n) is 31.3. The number of carbonyl (C=O) groups is 2. The number of fused-ring (bicyclic) bond motifs is 2. The van der Waals surface area contributed by atoms with Crippen molar-refractivity contribution in [1.29, 1.82) is 0 Å². The fourth-order valence-corrected chi connectivity index (χ4v) is 8.16. The highest BCUT2D eigenvalue weighted by molar-refractivity contribution is 7.15. The lowest BCUT2D eigenvalue weighted by Gasteiger charge is -2.37. The number of aryl methyl sites for hydroxylation is 1. The molecule has 0 radical (unpaired) electrons. The maximum atomic E-state index is 14.6. The van der Waals surface area contributed by atoms with Crippen LogP contribution in [0.4, 0.5) is 18.9 Å². The van der Waals surface area contributed by atoms with E-state index >= 15 is 0 Å². The van der Waals surface area contributed by atoms with Gasteiger partial charge in [0.25, 0.3) is 11.5 Å². The van der Waals surface area contributed by atoms with Crippen LogP contribution in [0.15, 0.2) is 35.4 Å². The summed E-state index contributed by atoms with van der Waals surface area (Å²) in [6.07, 6.45) is -2.99. The zero-order chi connectivity index (χ0) is 40.4. The Morgan fingerprint density at radius 3 is 2.57 bits per heavy atom. The number of aromatic hydroxyl groups is 1. The number of primary amides is 1. The highest BCUT2D eigenvalue weighted by Crippen LogP contribution is 2.38. The second kappa shape index (κ2) is 13.7. The summed E-state index contributed by atoms with van der Waals surface area (Å²) < 4.78 is 66.9. The number of aromatic nitrogens is 6. The molecule has 5 aromatic rings. The summed E-state index contributed by atoms with van der Waals surface area (Å²) in [5.74, 6) is -1.93. The summed E-state index contributed by atoms with van der Waals surface area (Å²) in [6.45, 7) is 1.86. The molecule has 19 heteroatoms. The SMILES string of the molecule is [2H]C([2H])([2H])N1CCc2sc(-c3nc4n(C(C(N)=O)c5ccc(C(F)(F)F)cc5Cl)c(CC)c(N5CCN(C(=O)c6ncnc(C)c6O)CC5)c(=O)n4n3)cc2C1. The first kappa shape index (κ1) is 32.6. The van der Waals surface area contributed by atoms with Gasteiger partial charge in [0.15, 0.2) is 17.3 Å². The Morgan fingerprint density at radius 2 is 1.91 bits per heavy atom. The monoisotopic (exact) mass is 773 g/mol. The Hall–Kier alpha value is -5.07. The Morgan fingerprint density at radius 1 is 1.15 bits per heavy atom. The molecule has 14 nitrogen and oxygen atoms in total. The van der Waals surface area contributed by atoms with E-state index in [1.807, 2.05) is 0 Å². The number of likely N-dealkylation sites (N-methyl/N-ethyl adjacent to an activating group) is 1. The molecule has 0 saturated carbocycles. The van der Waals surface area contributed by atoms with Crippen molar-refractivity contribution in [3.63, 3.8) is 0 Å². The van der Waals surface area contributed by atoms with E-state index in [4.69, 9.17) is 26.4 Å². The summed E-state index contributed by atoms with van der Waals surface area (Å²) in [7, 11) is 0. The number of halogens is 4. The molecule has 1 saturated heterocycles. The van der Waals surface area contributed by atoms with Crippen molar-refractivity contribution in [2.45, 2.75) is 45.5 Å². The van der Waals surface area contributed by atoms with Gasteiger partial charge in [0.2, 0.25) is 11.7 Å². The van der Waals surface area contributed by atoms with Crippen LogP contribution in [0.25, 0.3) is 16.5 Å². The van der Waals surface area contributed by atoms with E-state index in [2.05, 4.69) is 15.1 Å². The number of piperazine rings is 1. The minimum atomic E-state index is -4.73. The number of hydrogen-bond donors (Lipinski definition) is 2. The van der Waals surface area contributed by atoms with Gasteiger partial charge in [-0.2, -0.15) is 22.7 Å². The first-order valence-electron chi connectivity index (χ1n) is 18.0. The van der Waals surface area contributed by atoms with Crippen molar-refractivity contribution in [3.8, 4) is 16.5 Å². The van der Waals surface area contributed by atoms with Crippen LogP contribution in [0, 0.1) is 6.92 Å². The summed E-state index contributed by atoms with van der Waals surface area (Å²) in [5, 5.41) is 14.6. The quantitative estimate of drug-likeness (QED) is 0.249. The Kier molecular flexibility index (Phi) is 8.43. The molecule has 0 bridgehead atoms. The van der Waals surface area contributed by atoms with Gasteiger partial charge in [-0.25, -0.2) is 9.97 Å². The fraction of sp³-hybridized carbons (Fsp3) is 0.382. The lowest BCUT2D eigenvalue weighted by molar-refractivity contribution is -0.137. The van der Waals surface area contributed by atoms with Crippen molar-refractivity contribution >= 4 is 46.2 Å². The average Bonchev–Trinajstić information content (AvgIpc) is 3.78. The summed E-state index contributed by atoms with van der Waals surface area (Å²) >= 11 is 7.80. The molecule has 278 valence electrons. The number of amides is 2. The van der Waals surface area contributed by atoms with Crippen LogP contribution in [0.3, 0.4) is 0 Å². The Bertz CT molecular complexity index is 2450. The molecule has 1 fully saturated rings. The number of nitrogens with two attached hydrogens (primary N) is 1. The zero-order valence-corrected chi connectivity index (χ0v) is 29.9. The number of rotatable bonds is 7. The van der Waals surface area contributed by atoms with Crippen molar-refractivity contribution in [1.82, 2.24) is 38.9 Å². The third-order valence-corrected chi connectivity index (χ3v) is 11.0. The van der Waals surface area contributed by atoms with Gasteiger partial charge in [0.1, 0.15) is 18.1 Å². The molecule has 2 aliphatic heterocycles. The van der Waals surface area contributed by atoms with Crippen molar-refractivity contribution in [2.24, 2.45) is 5.73 Å². The molecule has 2 amide bonds. The highest BCUT2D eigenvalue weighted by atomic mass is 35.5. The third-order valence-electron chi connectivity index (χ3n) is 9.43. The maximum Gasteiger partial charge on any atom is 0.416 e. The molecule has 2 aliphatic rings. The molecular weight excluding hydrogens is 737 g/mol. The minimum absolute atomic E-state index is 0.0744. The summed E-state index contributed by atoms with van der Waals surface area (Å²) in [5.41, 5.74) is 5.46. The Balaban J connectivity index is 1.36. The van der Waals surface area contributed by atoms with Crippen molar-refractivity contribution in [3.05, 3.63) is 84.6 Å². The molecule has 53 heavy (non-hydrogen) atoms. The standard InChI is InChI=1S/C34H34ClF3N10O4S/c1-4-22-27(45-9-11-46(12-10-45)31(51)25-28(49)17(2)40-16-41-25)32(52)48-33(42-30(43-48)24-13-18-15-44(3)8-7-23(18)53-24)47(22)26(29(39)50)20-6-5-19(14-21(20)35)34(36,37)38/h5-6,13-14,16,26,49H,4,7-12,15H2,1-3H3,(H2,39,50)/i3D3. The van der Waals surface area contributed by atoms with Gasteiger partial charge < -0.3 is 25.5 Å². The van der Waals surface area contributed by atoms with Crippen molar-refractivity contribution < 1.29 is 32.0 Å². The maximum absolute atomic E-state index is 14.6. The third kappa shape index (κ3) is 6.48. The Labute approximate surface area is 313 Å². The summed E-state index contributed by atoms with van der Waals surface area (Å²) in [4.78, 5) is 60.0. The van der Waals surface area contributed by atoms with Crippen LogP contribution < -0.4 is 16.2 Å². The van der Waals surface area contributed by atoms with Crippen LogP contribution in [0.2, 0.25) is 5.02 Å². The second-order valence-corrected chi connectivity index (χ2v) is 14.2. The van der Waals surface area contributed by atoms with Gasteiger partial charge in [-0.1, -0.05) is 24.6 Å². The molecule has 0 spiro atoms. The minimum Gasteiger partial charge on any atom is -0.504 e. The smallest absolute Gasteiger partial charge is 0.416 e. The first-order chi connectivity index (χ1) is 26.4. The van der Waals surface area contributed by atoms with Crippen LogP contribution in [0.5, 0.6) is 5.75 Å². The lowest BCUT2D eigenvalue weighted by Crippen LogP contribution is -2.51. The number of benzene rings is 1. The predicted octanol–water partition coefficient (Wildman–Crippen LogP) is 3.68. The molecule has 1 unspecified atom stereocenters. The predicted molar refractivity (Wildman–Crippen MR) is 190 cm³/mol. The number of hydrogen-bond acceptors (Lipinski definition) is 11. The van der Waals surface area contributed by atoms with Gasteiger partial charge in [0, 0.05) is 58.8 Å². The normalized spacial score (nSPS) is 17.0. The van der Waals surface area contributed by atoms with Gasteiger partial charge in [0.05, 0.1) is 21.8 Å². The lowest BCUT2D eigenvalue weighted by atomic mass is 10.0. The van der Waals surface area contributed by atoms with Gasteiger partial charge in [-0.3, -0.25) is 19.0 Å². The van der Waals surface area contributed by atoms with Crippen LogP contribution in [0.1, 0.15) is 60.5 Å². The molecule has 3 N–H and O–H groups in total. The van der Waals surface area contributed by atoms with Gasteiger partial charge in [-0.15, -0.1) is 16.4 Å². The van der Waals surface area contributed by atoms with Crippen molar-refractivity contribution in [2.75, 3.05) is 44.6 Å². The van der Waals surface area contributed by atoms with Gasteiger partial charge >= 0.3 is 6.18 Å².